The van der Waals surface area contributed by atoms with Crippen LogP contribution in [0.15, 0.2) is 30.3 Å². The first kappa shape index (κ1) is 36.7. The van der Waals surface area contributed by atoms with Gasteiger partial charge in [-0.25, -0.2) is 0 Å². The highest BCUT2D eigenvalue weighted by Gasteiger charge is 2.42. The maximum Gasteiger partial charge on any atom is 0.237 e. The van der Waals surface area contributed by atoms with Gasteiger partial charge in [-0.05, 0) is 37.2 Å². The number of hydrogen-bond acceptors (Lipinski definition) is 7. The predicted molar refractivity (Wildman–Crippen MR) is 168 cm³/mol. The zero-order chi connectivity index (χ0) is 32.3. The van der Waals surface area contributed by atoms with Crippen molar-refractivity contribution >= 4 is 17.7 Å². The van der Waals surface area contributed by atoms with Crippen LogP contribution in [0.2, 0.25) is 0 Å². The molecule has 0 bridgehead atoms. The molecule has 3 amide bonds. The Morgan fingerprint density at radius 3 is 2.21 bits per heavy atom. The average Bonchev–Trinajstić information content (AvgIpc) is 3.49. The topological polar surface area (TPSA) is 129 Å². The van der Waals surface area contributed by atoms with E-state index in [4.69, 9.17) is 9.47 Å². The Kier molecular flexibility index (Phi) is 15.1. The summed E-state index contributed by atoms with van der Waals surface area (Å²) in [6, 6.07) is 7.82. The molecule has 244 valence electrons. The smallest absolute Gasteiger partial charge is 0.237 e. The fourth-order valence-corrected chi connectivity index (χ4v) is 6.13. The number of ether oxygens (including phenoxy) is 2. The molecular formula is C33H56N4O6. The van der Waals surface area contributed by atoms with Crippen LogP contribution in [-0.4, -0.2) is 91.9 Å². The molecule has 3 unspecified atom stereocenters. The van der Waals surface area contributed by atoms with Crippen LogP contribution in [0.3, 0.4) is 0 Å². The number of hydrogen-bond donors (Lipinski definition) is 4. The van der Waals surface area contributed by atoms with Gasteiger partial charge in [-0.2, -0.15) is 0 Å². The van der Waals surface area contributed by atoms with E-state index in [2.05, 4.69) is 29.8 Å². The van der Waals surface area contributed by atoms with Gasteiger partial charge in [-0.15, -0.1) is 0 Å². The molecule has 1 saturated heterocycles. The number of methoxy groups -OCH3 is 2. The van der Waals surface area contributed by atoms with Crippen LogP contribution in [0.5, 0.6) is 0 Å². The second-order valence-electron chi connectivity index (χ2n) is 12.3. The maximum absolute atomic E-state index is 13.8. The number of nitrogens with zero attached hydrogens (tertiary/aromatic N) is 1. The Morgan fingerprint density at radius 1 is 1.02 bits per heavy atom. The lowest BCUT2D eigenvalue weighted by atomic mass is 9.89. The van der Waals surface area contributed by atoms with Crippen LogP contribution in [-0.2, 0) is 23.9 Å². The SMILES string of the molecule is CCC(C)C(N[C@H](C(=O)NC)C(C)C)C(CC(=O)N1CCC[C@H]1[C@H](OC)[C@@H](C)C(=O)N[C@H](C)[C@@H](O)c1ccccc1)OC. The van der Waals surface area contributed by atoms with Gasteiger partial charge in [0.1, 0.15) is 0 Å². The summed E-state index contributed by atoms with van der Waals surface area (Å²) in [5.74, 6) is -0.742. The first-order valence-electron chi connectivity index (χ1n) is 15.8. The molecule has 1 aliphatic rings. The number of carbonyl (C=O) groups is 3. The molecule has 0 saturated carbocycles. The largest absolute Gasteiger partial charge is 0.386 e. The molecule has 0 radical (unpaired) electrons. The summed E-state index contributed by atoms with van der Waals surface area (Å²) in [4.78, 5) is 41.6. The van der Waals surface area contributed by atoms with Crippen molar-refractivity contribution in [2.24, 2.45) is 17.8 Å². The molecule has 43 heavy (non-hydrogen) atoms. The standard InChI is InChI=1S/C33H56N4O6/c1-10-21(4)29(36-28(20(2)3)33(41)34-7)26(42-8)19-27(38)37-18-14-17-25(37)31(43-9)22(5)32(40)35-23(6)30(39)24-15-12-11-13-16-24/h11-13,15-16,20-23,25-26,28-31,36,39H,10,14,17-19H2,1-9H3,(H,34,41)(H,35,40)/t21?,22-,23-,25+,26?,28+,29?,30-,31-/m1/s1. The van der Waals surface area contributed by atoms with Crippen molar-refractivity contribution in [2.45, 2.75) is 110 Å². The Bertz CT molecular complexity index is 1010. The molecular weight excluding hydrogens is 548 g/mol. The molecule has 2 rings (SSSR count). The number of nitrogens with one attached hydrogen (secondary N) is 3. The van der Waals surface area contributed by atoms with Crippen molar-refractivity contribution in [3.8, 4) is 0 Å². The third kappa shape index (κ3) is 9.73. The first-order chi connectivity index (χ1) is 20.4. The summed E-state index contributed by atoms with van der Waals surface area (Å²) < 4.78 is 11.8. The zero-order valence-corrected chi connectivity index (χ0v) is 27.6. The molecule has 9 atom stereocenters. The van der Waals surface area contributed by atoms with Crippen LogP contribution in [0, 0.1) is 17.8 Å². The third-order valence-corrected chi connectivity index (χ3v) is 9.07. The van der Waals surface area contributed by atoms with Crippen molar-refractivity contribution in [3.63, 3.8) is 0 Å². The molecule has 1 aromatic carbocycles. The van der Waals surface area contributed by atoms with Gasteiger partial charge in [-0.1, -0.05) is 71.4 Å². The van der Waals surface area contributed by atoms with Crippen LogP contribution in [0.25, 0.3) is 0 Å². The highest BCUT2D eigenvalue weighted by atomic mass is 16.5. The van der Waals surface area contributed by atoms with Gasteiger partial charge < -0.3 is 30.1 Å². The van der Waals surface area contributed by atoms with E-state index >= 15 is 0 Å². The second kappa shape index (κ2) is 17.7. The summed E-state index contributed by atoms with van der Waals surface area (Å²) in [7, 11) is 4.81. The number of carbonyl (C=O) groups excluding carboxylic acids is 3. The van der Waals surface area contributed by atoms with Crippen molar-refractivity contribution in [3.05, 3.63) is 35.9 Å². The van der Waals surface area contributed by atoms with E-state index < -0.39 is 36.3 Å². The highest BCUT2D eigenvalue weighted by molar-refractivity contribution is 5.82. The lowest BCUT2D eigenvalue weighted by Gasteiger charge is -2.38. The molecule has 10 nitrogen and oxygen atoms in total. The number of benzene rings is 1. The maximum atomic E-state index is 13.8. The summed E-state index contributed by atoms with van der Waals surface area (Å²) in [5, 5.41) is 19.9. The number of likely N-dealkylation sites (N-methyl/N-ethyl adjacent to an activating group) is 1. The first-order valence-corrected chi connectivity index (χ1v) is 15.8. The summed E-state index contributed by atoms with van der Waals surface area (Å²) in [5.41, 5.74) is 0.728. The van der Waals surface area contributed by atoms with E-state index in [-0.39, 0.29) is 48.1 Å². The lowest BCUT2D eigenvalue weighted by Crippen LogP contribution is -2.57. The van der Waals surface area contributed by atoms with E-state index in [1.165, 1.54) is 0 Å². The van der Waals surface area contributed by atoms with Gasteiger partial charge in [-0.3, -0.25) is 19.7 Å². The molecule has 1 heterocycles. The van der Waals surface area contributed by atoms with Gasteiger partial charge in [0.25, 0.3) is 0 Å². The molecule has 1 aromatic rings. The van der Waals surface area contributed by atoms with E-state index in [0.717, 1.165) is 24.8 Å². The van der Waals surface area contributed by atoms with Crippen molar-refractivity contribution in [1.29, 1.82) is 0 Å². The van der Waals surface area contributed by atoms with E-state index in [9.17, 15) is 19.5 Å². The van der Waals surface area contributed by atoms with Crippen LogP contribution in [0.1, 0.15) is 78.9 Å². The minimum Gasteiger partial charge on any atom is -0.386 e. The summed E-state index contributed by atoms with van der Waals surface area (Å²) >= 11 is 0. The minimum absolute atomic E-state index is 0.0503. The second-order valence-corrected chi connectivity index (χ2v) is 12.3. The Morgan fingerprint density at radius 2 is 1.67 bits per heavy atom. The quantitative estimate of drug-likeness (QED) is 0.215. The lowest BCUT2D eigenvalue weighted by molar-refractivity contribution is -0.142. The van der Waals surface area contributed by atoms with Crippen molar-refractivity contribution in [1.82, 2.24) is 20.9 Å². The Labute approximate surface area is 258 Å². The van der Waals surface area contributed by atoms with Crippen molar-refractivity contribution < 1.29 is 29.0 Å². The van der Waals surface area contributed by atoms with Crippen LogP contribution >= 0.6 is 0 Å². The number of rotatable bonds is 17. The third-order valence-electron chi connectivity index (χ3n) is 9.07. The van der Waals surface area contributed by atoms with Crippen molar-refractivity contribution in [2.75, 3.05) is 27.8 Å². The van der Waals surface area contributed by atoms with Gasteiger partial charge in [0.05, 0.1) is 48.8 Å². The van der Waals surface area contributed by atoms with E-state index in [1.807, 2.05) is 49.1 Å². The molecule has 0 aromatic heterocycles. The van der Waals surface area contributed by atoms with Crippen LogP contribution < -0.4 is 16.0 Å². The van der Waals surface area contributed by atoms with Gasteiger partial charge in [0.2, 0.25) is 17.7 Å². The number of amides is 3. The van der Waals surface area contributed by atoms with E-state index in [1.54, 1.807) is 35.1 Å². The highest BCUT2D eigenvalue weighted by Crippen LogP contribution is 2.29. The molecule has 4 N–H and O–H groups in total. The zero-order valence-electron chi connectivity index (χ0n) is 27.6. The minimum atomic E-state index is -0.848. The van der Waals surface area contributed by atoms with E-state index in [0.29, 0.717) is 6.54 Å². The summed E-state index contributed by atoms with van der Waals surface area (Å²) in [6.07, 6.45) is 0.717. The fourth-order valence-electron chi connectivity index (χ4n) is 6.13. The average molecular weight is 605 g/mol. The number of likely N-dealkylation sites (tertiary alicyclic amines) is 1. The Balaban J connectivity index is 2.16. The van der Waals surface area contributed by atoms with Gasteiger partial charge >= 0.3 is 0 Å². The fraction of sp³-hybridized carbons (Fsp3) is 0.727. The Hall–Kier alpha value is -2.53. The molecule has 1 aliphatic heterocycles. The predicted octanol–water partition coefficient (Wildman–Crippen LogP) is 3.05. The normalized spacial score (nSPS) is 20.9. The molecule has 10 heteroatoms. The summed E-state index contributed by atoms with van der Waals surface area (Å²) in [6.45, 7) is 12.3. The van der Waals surface area contributed by atoms with Gasteiger partial charge in [0.15, 0.2) is 0 Å². The molecule has 1 fully saturated rings. The molecule has 0 spiro atoms. The number of aliphatic hydroxyl groups excluding tert-OH is 1. The van der Waals surface area contributed by atoms with Crippen LogP contribution in [0.4, 0.5) is 0 Å². The number of aliphatic hydroxyl groups is 1. The monoisotopic (exact) mass is 604 g/mol. The van der Waals surface area contributed by atoms with Gasteiger partial charge in [0, 0.05) is 33.9 Å². The molecule has 0 aliphatic carbocycles.